The fraction of sp³-hybridized carbons (Fsp3) is 0.394. The minimum absolute atomic E-state index is 0.0648. The Hall–Kier alpha value is -4.05. The topological polar surface area (TPSA) is 105 Å². The molecule has 0 aromatic heterocycles. The Kier molecular flexibility index (Phi) is 11.2. The number of nitrogens with zero attached hydrogens (tertiary/aromatic N) is 2. The van der Waals surface area contributed by atoms with Crippen molar-refractivity contribution in [1.29, 1.82) is 0 Å². The van der Waals surface area contributed by atoms with Crippen molar-refractivity contribution in [2.45, 2.75) is 59.0 Å². The molecule has 0 heterocycles. The number of nitrogens with one attached hydrogen (secondary N) is 1. The number of carbonyl (C=O) groups excluding carboxylic acids is 2. The van der Waals surface area contributed by atoms with Gasteiger partial charge in [0.25, 0.3) is 10.0 Å². The predicted molar refractivity (Wildman–Crippen MR) is 169 cm³/mol. The van der Waals surface area contributed by atoms with Crippen molar-refractivity contribution in [3.8, 4) is 11.5 Å². The van der Waals surface area contributed by atoms with E-state index in [2.05, 4.69) is 5.32 Å². The van der Waals surface area contributed by atoms with Crippen molar-refractivity contribution in [3.63, 3.8) is 0 Å². The Bertz CT molecular complexity index is 1530. The molecule has 1 atom stereocenters. The first kappa shape index (κ1) is 33.5. The summed E-state index contributed by atoms with van der Waals surface area (Å²) in [5, 5.41) is 2.90. The summed E-state index contributed by atoms with van der Waals surface area (Å²) in [6.07, 6.45) is 0. The van der Waals surface area contributed by atoms with Gasteiger partial charge in [0.15, 0.2) is 11.5 Å². The van der Waals surface area contributed by atoms with E-state index < -0.39 is 28.5 Å². The van der Waals surface area contributed by atoms with Crippen molar-refractivity contribution < 1.29 is 27.5 Å². The van der Waals surface area contributed by atoms with Gasteiger partial charge in [0.2, 0.25) is 11.8 Å². The SMILES string of the molecule is COc1ccc(S(=O)(=O)N(CC(=O)N(Cc2cccc(C)c2)[C@@H](C)C(=O)NCC(C)C)c2cc(C)cc(C)c2)cc1OC. The van der Waals surface area contributed by atoms with E-state index in [1.807, 2.05) is 65.0 Å². The highest BCUT2D eigenvalue weighted by atomic mass is 32.2. The number of methoxy groups -OCH3 is 2. The van der Waals surface area contributed by atoms with Gasteiger partial charge in [0, 0.05) is 19.2 Å². The number of hydrogen-bond acceptors (Lipinski definition) is 6. The second-order valence-electron chi connectivity index (χ2n) is 11.2. The predicted octanol–water partition coefficient (Wildman–Crippen LogP) is 5.01. The third kappa shape index (κ3) is 8.50. The smallest absolute Gasteiger partial charge is 0.264 e. The second-order valence-corrected chi connectivity index (χ2v) is 13.1. The molecule has 3 aromatic carbocycles. The molecule has 0 aliphatic heterocycles. The monoisotopic (exact) mass is 609 g/mol. The van der Waals surface area contributed by atoms with E-state index in [4.69, 9.17) is 9.47 Å². The molecular weight excluding hydrogens is 566 g/mol. The summed E-state index contributed by atoms with van der Waals surface area (Å²) in [7, 11) is -1.38. The molecule has 0 aliphatic carbocycles. The molecule has 0 unspecified atom stereocenters. The molecule has 3 rings (SSSR count). The number of ether oxygens (including phenoxy) is 2. The zero-order chi connectivity index (χ0) is 31.9. The molecule has 1 N–H and O–H groups in total. The molecule has 0 saturated heterocycles. The number of hydrogen-bond donors (Lipinski definition) is 1. The molecule has 9 nitrogen and oxygen atoms in total. The highest BCUT2D eigenvalue weighted by molar-refractivity contribution is 7.92. The van der Waals surface area contributed by atoms with Crippen LogP contribution in [0.1, 0.15) is 43.0 Å². The summed E-state index contributed by atoms with van der Waals surface area (Å²) < 4.78 is 40.2. The standard InChI is InChI=1S/C33H43N3O6S/c1-22(2)19-34-33(38)26(6)35(20-27-11-9-10-23(3)15-27)32(37)21-36(28-16-24(4)14-25(5)17-28)43(39,40)29-12-13-30(41-7)31(18-29)42-8/h9-18,22,26H,19-21H2,1-8H3,(H,34,38)/t26-/m0/s1. The number of aryl methyl sites for hydroxylation is 3. The van der Waals surface area contributed by atoms with Crippen LogP contribution in [0.5, 0.6) is 11.5 Å². The lowest BCUT2D eigenvalue weighted by Crippen LogP contribution is -2.51. The van der Waals surface area contributed by atoms with Gasteiger partial charge in [-0.2, -0.15) is 0 Å². The lowest BCUT2D eigenvalue weighted by Gasteiger charge is -2.32. The van der Waals surface area contributed by atoms with Crippen molar-refractivity contribution in [3.05, 3.63) is 82.9 Å². The van der Waals surface area contributed by atoms with Crippen LogP contribution in [0, 0.1) is 26.7 Å². The number of anilines is 1. The molecule has 232 valence electrons. The van der Waals surface area contributed by atoms with E-state index in [1.54, 1.807) is 19.1 Å². The zero-order valence-corrected chi connectivity index (χ0v) is 27.1. The van der Waals surface area contributed by atoms with Crippen molar-refractivity contribution in [2.24, 2.45) is 5.92 Å². The first-order chi connectivity index (χ1) is 20.3. The van der Waals surface area contributed by atoms with Crippen LogP contribution in [-0.2, 0) is 26.2 Å². The summed E-state index contributed by atoms with van der Waals surface area (Å²) in [5.74, 6) is 0.0175. The Morgan fingerprint density at radius 3 is 2.07 bits per heavy atom. The van der Waals surface area contributed by atoms with Crippen LogP contribution in [0.2, 0.25) is 0 Å². The van der Waals surface area contributed by atoms with Crippen LogP contribution in [0.25, 0.3) is 0 Å². The van der Waals surface area contributed by atoms with Gasteiger partial charge in [0.1, 0.15) is 12.6 Å². The van der Waals surface area contributed by atoms with E-state index in [0.29, 0.717) is 18.0 Å². The number of rotatable bonds is 13. The van der Waals surface area contributed by atoms with Crippen LogP contribution in [0.3, 0.4) is 0 Å². The molecule has 0 spiro atoms. The average Bonchev–Trinajstić information content (AvgIpc) is 2.95. The second kappa shape index (κ2) is 14.4. The third-order valence-electron chi connectivity index (χ3n) is 7.00. The highest BCUT2D eigenvalue weighted by Gasteiger charge is 2.33. The minimum Gasteiger partial charge on any atom is -0.493 e. The maximum Gasteiger partial charge on any atom is 0.264 e. The van der Waals surface area contributed by atoms with Gasteiger partial charge in [-0.3, -0.25) is 13.9 Å². The van der Waals surface area contributed by atoms with Gasteiger partial charge in [-0.25, -0.2) is 8.42 Å². The van der Waals surface area contributed by atoms with Crippen LogP contribution < -0.4 is 19.1 Å². The molecule has 0 saturated carbocycles. The number of benzene rings is 3. The average molecular weight is 610 g/mol. The molecule has 10 heteroatoms. The van der Waals surface area contributed by atoms with Crippen molar-refractivity contribution >= 4 is 27.5 Å². The first-order valence-corrected chi connectivity index (χ1v) is 15.7. The van der Waals surface area contributed by atoms with Gasteiger partial charge in [-0.15, -0.1) is 0 Å². The van der Waals surface area contributed by atoms with E-state index in [9.17, 15) is 18.0 Å². The maximum absolute atomic E-state index is 14.2. The van der Waals surface area contributed by atoms with Crippen LogP contribution >= 0.6 is 0 Å². The van der Waals surface area contributed by atoms with Crippen LogP contribution in [0.4, 0.5) is 5.69 Å². The maximum atomic E-state index is 14.2. The Morgan fingerprint density at radius 2 is 1.49 bits per heavy atom. The molecule has 0 radical (unpaired) electrons. The summed E-state index contributed by atoms with van der Waals surface area (Å²) in [6, 6.07) is 16.5. The molecule has 0 bridgehead atoms. The zero-order valence-electron chi connectivity index (χ0n) is 26.3. The number of amides is 2. The summed E-state index contributed by atoms with van der Waals surface area (Å²) in [5.41, 5.74) is 3.86. The van der Waals surface area contributed by atoms with Gasteiger partial charge >= 0.3 is 0 Å². The Balaban J connectivity index is 2.09. The number of sulfonamides is 1. The summed E-state index contributed by atoms with van der Waals surface area (Å²) in [4.78, 5) is 28.7. The molecule has 2 amide bonds. The Labute approximate surface area is 255 Å². The van der Waals surface area contributed by atoms with Crippen molar-refractivity contribution in [2.75, 3.05) is 31.6 Å². The van der Waals surface area contributed by atoms with E-state index in [0.717, 1.165) is 26.6 Å². The quantitative estimate of drug-likeness (QED) is 0.292. The fourth-order valence-corrected chi connectivity index (χ4v) is 6.18. The van der Waals surface area contributed by atoms with Crippen LogP contribution in [-0.4, -0.2) is 58.5 Å². The van der Waals surface area contributed by atoms with Gasteiger partial charge in [-0.1, -0.05) is 49.7 Å². The third-order valence-corrected chi connectivity index (χ3v) is 8.77. The Morgan fingerprint density at radius 1 is 0.837 bits per heavy atom. The van der Waals surface area contributed by atoms with E-state index in [-0.39, 0.29) is 29.0 Å². The normalized spacial score (nSPS) is 12.0. The van der Waals surface area contributed by atoms with Crippen LogP contribution in [0.15, 0.2) is 65.6 Å². The lowest BCUT2D eigenvalue weighted by atomic mass is 10.1. The first-order valence-electron chi connectivity index (χ1n) is 14.2. The van der Waals surface area contributed by atoms with Gasteiger partial charge in [0.05, 0.1) is 24.8 Å². The largest absolute Gasteiger partial charge is 0.493 e. The van der Waals surface area contributed by atoms with E-state index >= 15 is 0 Å². The molecule has 43 heavy (non-hydrogen) atoms. The van der Waals surface area contributed by atoms with Gasteiger partial charge in [-0.05, 0) is 74.6 Å². The van der Waals surface area contributed by atoms with Gasteiger partial charge < -0.3 is 19.7 Å². The fourth-order valence-electron chi connectivity index (χ4n) is 4.77. The summed E-state index contributed by atoms with van der Waals surface area (Å²) >= 11 is 0. The number of carbonyl (C=O) groups is 2. The molecule has 0 fully saturated rings. The summed E-state index contributed by atoms with van der Waals surface area (Å²) in [6.45, 7) is 11.4. The lowest BCUT2D eigenvalue weighted by molar-refractivity contribution is -0.139. The molecule has 0 aliphatic rings. The highest BCUT2D eigenvalue weighted by Crippen LogP contribution is 2.33. The van der Waals surface area contributed by atoms with E-state index in [1.165, 1.54) is 37.3 Å². The minimum atomic E-state index is -4.27. The molecular formula is C33H43N3O6S. The molecule has 3 aromatic rings. The van der Waals surface area contributed by atoms with Crippen molar-refractivity contribution in [1.82, 2.24) is 10.2 Å².